The first-order valence-electron chi connectivity index (χ1n) is 7.50. The molecule has 1 amide bonds. The fourth-order valence-corrected chi connectivity index (χ4v) is 2.65. The maximum atomic E-state index is 12.3. The van der Waals surface area contributed by atoms with E-state index in [0.717, 1.165) is 5.56 Å². The number of rotatable bonds is 5. The molecule has 6 heteroatoms. The molecular weight excluding hydrogens is 308 g/mol. The van der Waals surface area contributed by atoms with Gasteiger partial charge in [0.05, 0.1) is 12.7 Å². The van der Waals surface area contributed by atoms with Crippen molar-refractivity contribution in [2.75, 3.05) is 7.11 Å². The van der Waals surface area contributed by atoms with Gasteiger partial charge in [-0.25, -0.2) is 4.79 Å². The van der Waals surface area contributed by atoms with Gasteiger partial charge in [-0.1, -0.05) is 12.1 Å². The number of nitrogens with one attached hydrogen (secondary N) is 2. The monoisotopic (exact) mass is 328 g/mol. The summed E-state index contributed by atoms with van der Waals surface area (Å²) in [6.45, 7) is 5.31. The van der Waals surface area contributed by atoms with Gasteiger partial charge in [0.15, 0.2) is 5.78 Å². The summed E-state index contributed by atoms with van der Waals surface area (Å²) in [5.74, 6) is -0.751. The van der Waals surface area contributed by atoms with Crippen LogP contribution in [0.3, 0.4) is 0 Å². The highest BCUT2D eigenvalue weighted by atomic mass is 16.5. The van der Waals surface area contributed by atoms with E-state index in [4.69, 9.17) is 0 Å². The van der Waals surface area contributed by atoms with E-state index < -0.39 is 5.97 Å². The Labute approximate surface area is 140 Å². The third-order valence-electron chi connectivity index (χ3n) is 3.84. The Balaban J connectivity index is 2.07. The molecule has 0 aliphatic heterocycles. The van der Waals surface area contributed by atoms with Crippen LogP contribution in [0.4, 0.5) is 0 Å². The highest BCUT2D eigenvalue weighted by Gasteiger charge is 2.19. The van der Waals surface area contributed by atoms with Gasteiger partial charge in [0, 0.05) is 17.8 Å². The van der Waals surface area contributed by atoms with Crippen LogP contribution in [-0.2, 0) is 11.3 Å². The molecule has 0 radical (unpaired) electrons. The number of Topliss-reactive ketones (excluding diaryl/α,β-unsaturated/α-hetero) is 1. The minimum absolute atomic E-state index is 0.0706. The van der Waals surface area contributed by atoms with E-state index in [1.165, 1.54) is 14.0 Å². The molecule has 2 N–H and O–H groups in total. The van der Waals surface area contributed by atoms with E-state index >= 15 is 0 Å². The van der Waals surface area contributed by atoms with Crippen molar-refractivity contribution in [3.8, 4) is 0 Å². The molecular formula is C18H20N2O4. The molecule has 0 atom stereocenters. The van der Waals surface area contributed by atoms with Gasteiger partial charge in [-0.2, -0.15) is 0 Å². The molecule has 0 saturated heterocycles. The number of H-pyrrole nitrogens is 1. The second kappa shape index (κ2) is 7.12. The van der Waals surface area contributed by atoms with Crippen molar-refractivity contribution in [1.29, 1.82) is 0 Å². The molecule has 0 saturated carbocycles. The Morgan fingerprint density at radius 2 is 1.75 bits per heavy atom. The summed E-state index contributed by atoms with van der Waals surface area (Å²) in [7, 11) is 1.33. The molecule has 0 aliphatic rings. The SMILES string of the molecule is COC(=O)c1ccc(CNC(=O)c2[nH]c(C)c(C(C)=O)c2C)cc1. The van der Waals surface area contributed by atoms with Crippen LogP contribution < -0.4 is 5.32 Å². The van der Waals surface area contributed by atoms with Crippen LogP contribution in [0.25, 0.3) is 0 Å². The predicted octanol–water partition coefficient (Wildman–Crippen LogP) is 2.55. The van der Waals surface area contributed by atoms with Crippen LogP contribution in [-0.4, -0.2) is 29.8 Å². The number of aryl methyl sites for hydroxylation is 1. The quantitative estimate of drug-likeness (QED) is 0.652. The van der Waals surface area contributed by atoms with Crippen LogP contribution in [0.15, 0.2) is 24.3 Å². The smallest absolute Gasteiger partial charge is 0.337 e. The number of hydrogen-bond acceptors (Lipinski definition) is 4. The van der Waals surface area contributed by atoms with Crippen molar-refractivity contribution >= 4 is 17.7 Å². The maximum Gasteiger partial charge on any atom is 0.337 e. The number of ketones is 1. The Bertz CT molecular complexity index is 788. The van der Waals surface area contributed by atoms with Crippen molar-refractivity contribution in [3.63, 3.8) is 0 Å². The fraction of sp³-hybridized carbons (Fsp3) is 0.278. The van der Waals surface area contributed by atoms with E-state index in [-0.39, 0.29) is 11.7 Å². The molecule has 1 heterocycles. The number of esters is 1. The van der Waals surface area contributed by atoms with Crippen molar-refractivity contribution < 1.29 is 19.1 Å². The minimum Gasteiger partial charge on any atom is -0.465 e. The molecule has 0 aliphatic carbocycles. The lowest BCUT2D eigenvalue weighted by Gasteiger charge is -2.06. The molecule has 0 fully saturated rings. The maximum absolute atomic E-state index is 12.3. The molecule has 1 aromatic heterocycles. The van der Waals surface area contributed by atoms with E-state index in [9.17, 15) is 14.4 Å². The second-order valence-corrected chi connectivity index (χ2v) is 5.55. The van der Waals surface area contributed by atoms with Gasteiger partial charge in [0.1, 0.15) is 5.69 Å². The number of ether oxygens (including phenoxy) is 1. The molecule has 6 nitrogen and oxygen atoms in total. The molecule has 0 spiro atoms. The summed E-state index contributed by atoms with van der Waals surface area (Å²) in [5, 5.41) is 2.80. The van der Waals surface area contributed by atoms with E-state index in [1.807, 2.05) is 0 Å². The van der Waals surface area contributed by atoms with Crippen molar-refractivity contribution in [3.05, 3.63) is 57.9 Å². The van der Waals surface area contributed by atoms with Crippen molar-refractivity contribution in [2.45, 2.75) is 27.3 Å². The largest absolute Gasteiger partial charge is 0.465 e. The number of aromatic amines is 1. The first-order valence-corrected chi connectivity index (χ1v) is 7.50. The van der Waals surface area contributed by atoms with E-state index in [2.05, 4.69) is 15.0 Å². The van der Waals surface area contributed by atoms with Crippen LogP contribution in [0, 0.1) is 13.8 Å². The van der Waals surface area contributed by atoms with Crippen LogP contribution in [0.5, 0.6) is 0 Å². The third kappa shape index (κ3) is 3.53. The Hall–Kier alpha value is -2.89. The van der Waals surface area contributed by atoms with Gasteiger partial charge < -0.3 is 15.0 Å². The molecule has 0 unspecified atom stereocenters. The zero-order valence-corrected chi connectivity index (χ0v) is 14.1. The fourth-order valence-electron chi connectivity index (χ4n) is 2.65. The number of methoxy groups -OCH3 is 1. The normalized spacial score (nSPS) is 10.3. The Kier molecular flexibility index (Phi) is 5.18. The number of amides is 1. The molecule has 2 aromatic rings. The van der Waals surface area contributed by atoms with Crippen LogP contribution in [0.1, 0.15) is 54.9 Å². The highest BCUT2D eigenvalue weighted by Crippen LogP contribution is 2.18. The topological polar surface area (TPSA) is 88.3 Å². The summed E-state index contributed by atoms with van der Waals surface area (Å²) in [5.41, 5.74) is 3.59. The summed E-state index contributed by atoms with van der Waals surface area (Å²) < 4.78 is 4.64. The lowest BCUT2D eigenvalue weighted by atomic mass is 10.1. The number of benzene rings is 1. The minimum atomic E-state index is -0.403. The first kappa shape index (κ1) is 17.5. The highest BCUT2D eigenvalue weighted by molar-refractivity contribution is 6.02. The van der Waals surface area contributed by atoms with E-state index in [1.54, 1.807) is 38.1 Å². The molecule has 0 bridgehead atoms. The second-order valence-electron chi connectivity index (χ2n) is 5.55. The number of carbonyl (C=O) groups excluding carboxylic acids is 3. The van der Waals surface area contributed by atoms with Gasteiger partial charge in [-0.15, -0.1) is 0 Å². The van der Waals surface area contributed by atoms with Gasteiger partial charge in [-0.3, -0.25) is 9.59 Å². The lowest BCUT2D eigenvalue weighted by molar-refractivity contribution is 0.0600. The summed E-state index contributed by atoms with van der Waals surface area (Å²) in [6.07, 6.45) is 0. The molecule has 24 heavy (non-hydrogen) atoms. The van der Waals surface area contributed by atoms with Crippen LogP contribution in [0.2, 0.25) is 0 Å². The number of carbonyl (C=O) groups is 3. The average Bonchev–Trinajstić information content (AvgIpc) is 2.87. The zero-order valence-electron chi connectivity index (χ0n) is 14.1. The number of aromatic nitrogens is 1. The Morgan fingerprint density at radius 3 is 2.25 bits per heavy atom. The number of hydrogen-bond donors (Lipinski definition) is 2. The first-order chi connectivity index (χ1) is 11.3. The van der Waals surface area contributed by atoms with Gasteiger partial charge in [-0.05, 0) is 44.0 Å². The molecule has 1 aromatic carbocycles. The predicted molar refractivity (Wildman–Crippen MR) is 89.2 cm³/mol. The lowest BCUT2D eigenvalue weighted by Crippen LogP contribution is -2.24. The summed E-state index contributed by atoms with van der Waals surface area (Å²) in [6, 6.07) is 6.79. The third-order valence-corrected chi connectivity index (χ3v) is 3.84. The average molecular weight is 328 g/mol. The molecule has 126 valence electrons. The van der Waals surface area contributed by atoms with Crippen molar-refractivity contribution in [2.24, 2.45) is 0 Å². The van der Waals surface area contributed by atoms with Crippen molar-refractivity contribution in [1.82, 2.24) is 10.3 Å². The van der Waals surface area contributed by atoms with Gasteiger partial charge >= 0.3 is 5.97 Å². The van der Waals surface area contributed by atoms with Gasteiger partial charge in [0.25, 0.3) is 5.91 Å². The van der Waals surface area contributed by atoms with Crippen LogP contribution >= 0.6 is 0 Å². The molecule has 2 rings (SSSR count). The Morgan fingerprint density at radius 1 is 1.12 bits per heavy atom. The van der Waals surface area contributed by atoms with E-state index in [0.29, 0.717) is 34.6 Å². The summed E-state index contributed by atoms with van der Waals surface area (Å²) in [4.78, 5) is 38.3. The van der Waals surface area contributed by atoms with Gasteiger partial charge in [0.2, 0.25) is 0 Å². The standard InChI is InChI=1S/C18H20N2O4/c1-10-15(12(3)21)11(2)20-16(10)17(22)19-9-13-5-7-14(8-6-13)18(23)24-4/h5-8,20H,9H2,1-4H3,(H,19,22). The zero-order chi connectivity index (χ0) is 17.9. The summed E-state index contributed by atoms with van der Waals surface area (Å²) >= 11 is 0.